The molecule has 5 heteroatoms. The lowest BCUT2D eigenvalue weighted by atomic mass is 10.0. The summed E-state index contributed by atoms with van der Waals surface area (Å²) in [6.45, 7) is 1.68. The summed E-state index contributed by atoms with van der Waals surface area (Å²) in [5, 5.41) is 3.35. The van der Waals surface area contributed by atoms with Crippen LogP contribution in [0.25, 0.3) is 0 Å². The van der Waals surface area contributed by atoms with Crippen molar-refractivity contribution in [1.29, 1.82) is 0 Å². The van der Waals surface area contributed by atoms with Crippen LogP contribution in [0.15, 0.2) is 54.6 Å². The molecule has 0 saturated heterocycles. The minimum absolute atomic E-state index is 0.189. The molecule has 1 heterocycles. The second-order valence-electron chi connectivity index (χ2n) is 5.41. The number of para-hydroxylation sites is 1. The molecule has 2 atom stereocenters. The zero-order valence-electron chi connectivity index (χ0n) is 13.0. The SMILES string of the molecule is COC(=O)C(C)N1C(=O)c2ccccc2N[C@@H]1c1ccccc1. The number of methoxy groups -OCH3 is 1. The number of amides is 1. The Hall–Kier alpha value is -2.82. The third-order valence-corrected chi connectivity index (χ3v) is 4.04. The lowest BCUT2D eigenvalue weighted by molar-refractivity contribution is -0.146. The van der Waals surface area contributed by atoms with Crippen molar-refractivity contribution in [2.75, 3.05) is 12.4 Å². The fourth-order valence-electron chi connectivity index (χ4n) is 2.83. The van der Waals surface area contributed by atoms with Crippen LogP contribution < -0.4 is 5.32 Å². The quantitative estimate of drug-likeness (QED) is 0.886. The molecule has 0 bridgehead atoms. The molecule has 1 N–H and O–H groups in total. The maximum Gasteiger partial charge on any atom is 0.328 e. The number of carbonyl (C=O) groups is 2. The molecule has 0 radical (unpaired) electrons. The van der Waals surface area contributed by atoms with Crippen LogP contribution in [-0.4, -0.2) is 29.9 Å². The van der Waals surface area contributed by atoms with E-state index in [1.165, 1.54) is 12.0 Å². The summed E-state index contributed by atoms with van der Waals surface area (Å²) < 4.78 is 4.83. The van der Waals surface area contributed by atoms with Gasteiger partial charge in [0.1, 0.15) is 12.2 Å². The number of benzene rings is 2. The number of esters is 1. The molecule has 1 unspecified atom stereocenters. The van der Waals surface area contributed by atoms with Crippen LogP contribution in [0, 0.1) is 0 Å². The number of hydrogen-bond acceptors (Lipinski definition) is 4. The zero-order chi connectivity index (χ0) is 16.4. The molecule has 0 spiro atoms. The Labute approximate surface area is 134 Å². The van der Waals surface area contributed by atoms with E-state index in [4.69, 9.17) is 4.74 Å². The Morgan fingerprint density at radius 3 is 2.48 bits per heavy atom. The first-order chi connectivity index (χ1) is 11.1. The Balaban J connectivity index is 2.08. The largest absolute Gasteiger partial charge is 0.467 e. The number of ether oxygens (including phenoxy) is 1. The van der Waals surface area contributed by atoms with Crippen molar-refractivity contribution in [3.8, 4) is 0 Å². The van der Waals surface area contributed by atoms with Crippen molar-refractivity contribution in [3.05, 3.63) is 65.7 Å². The number of nitrogens with one attached hydrogen (secondary N) is 1. The summed E-state index contributed by atoms with van der Waals surface area (Å²) in [6, 6.07) is 16.2. The Bertz CT molecular complexity index is 730. The molecular weight excluding hydrogens is 292 g/mol. The molecule has 1 aliphatic rings. The minimum Gasteiger partial charge on any atom is -0.467 e. The van der Waals surface area contributed by atoms with Gasteiger partial charge in [-0.3, -0.25) is 4.79 Å². The van der Waals surface area contributed by atoms with Crippen LogP contribution in [0.2, 0.25) is 0 Å². The molecule has 118 valence electrons. The van der Waals surface area contributed by atoms with E-state index in [1.807, 2.05) is 48.5 Å². The van der Waals surface area contributed by atoms with Crippen LogP contribution in [0.1, 0.15) is 29.0 Å². The first kappa shape index (κ1) is 15.1. The van der Waals surface area contributed by atoms with Crippen molar-refractivity contribution in [2.24, 2.45) is 0 Å². The topological polar surface area (TPSA) is 58.6 Å². The van der Waals surface area contributed by atoms with Gasteiger partial charge in [-0.25, -0.2) is 4.79 Å². The zero-order valence-corrected chi connectivity index (χ0v) is 13.0. The van der Waals surface area contributed by atoms with Crippen molar-refractivity contribution in [3.63, 3.8) is 0 Å². The Morgan fingerprint density at radius 2 is 1.78 bits per heavy atom. The first-order valence-corrected chi connectivity index (χ1v) is 7.44. The van der Waals surface area contributed by atoms with Crippen LogP contribution in [0.5, 0.6) is 0 Å². The fraction of sp³-hybridized carbons (Fsp3) is 0.222. The standard InChI is InChI=1S/C18H18N2O3/c1-12(18(22)23-2)20-16(13-8-4-3-5-9-13)19-15-11-7-6-10-14(15)17(20)21/h3-12,16,19H,1-2H3/t12?,16-/m0/s1. The van der Waals surface area contributed by atoms with Crippen LogP contribution >= 0.6 is 0 Å². The average molecular weight is 310 g/mol. The summed E-state index contributed by atoms with van der Waals surface area (Å²) in [6.07, 6.45) is -0.423. The highest BCUT2D eigenvalue weighted by molar-refractivity contribution is 6.03. The molecule has 5 nitrogen and oxygen atoms in total. The van der Waals surface area contributed by atoms with Crippen molar-refractivity contribution >= 4 is 17.6 Å². The van der Waals surface area contributed by atoms with E-state index in [-0.39, 0.29) is 5.91 Å². The molecule has 3 rings (SSSR count). The highest BCUT2D eigenvalue weighted by Crippen LogP contribution is 2.34. The van der Waals surface area contributed by atoms with Gasteiger partial charge in [-0.1, -0.05) is 42.5 Å². The molecule has 1 aliphatic heterocycles. The van der Waals surface area contributed by atoms with Crippen molar-refractivity contribution < 1.29 is 14.3 Å². The van der Waals surface area contributed by atoms with E-state index in [0.717, 1.165) is 11.3 Å². The summed E-state index contributed by atoms with van der Waals surface area (Å²) in [4.78, 5) is 26.5. The maximum absolute atomic E-state index is 12.9. The molecule has 23 heavy (non-hydrogen) atoms. The predicted octanol–water partition coefficient (Wildman–Crippen LogP) is 2.81. The van der Waals surface area contributed by atoms with E-state index < -0.39 is 18.2 Å². The molecule has 0 saturated carbocycles. The van der Waals surface area contributed by atoms with Crippen LogP contribution in [0.4, 0.5) is 5.69 Å². The fourth-order valence-corrected chi connectivity index (χ4v) is 2.83. The summed E-state index contributed by atoms with van der Waals surface area (Å²) in [5.74, 6) is -0.633. The summed E-state index contributed by atoms with van der Waals surface area (Å²) in [7, 11) is 1.33. The van der Waals surface area contributed by atoms with E-state index in [2.05, 4.69) is 5.32 Å². The van der Waals surface area contributed by atoms with Gasteiger partial charge in [0.05, 0.1) is 12.7 Å². The maximum atomic E-state index is 12.9. The minimum atomic E-state index is -0.696. The molecule has 2 aromatic carbocycles. The van der Waals surface area contributed by atoms with E-state index in [0.29, 0.717) is 5.56 Å². The van der Waals surface area contributed by atoms with E-state index >= 15 is 0 Å². The molecule has 0 aromatic heterocycles. The average Bonchev–Trinajstić information content (AvgIpc) is 2.61. The lowest BCUT2D eigenvalue weighted by Gasteiger charge is -2.40. The van der Waals surface area contributed by atoms with Crippen LogP contribution in [-0.2, 0) is 9.53 Å². The smallest absolute Gasteiger partial charge is 0.328 e. The third kappa shape index (κ3) is 2.65. The van der Waals surface area contributed by atoms with Crippen molar-refractivity contribution in [2.45, 2.75) is 19.1 Å². The van der Waals surface area contributed by atoms with Crippen LogP contribution in [0.3, 0.4) is 0 Å². The summed E-state index contributed by atoms with van der Waals surface area (Å²) >= 11 is 0. The van der Waals surface area contributed by atoms with E-state index in [9.17, 15) is 9.59 Å². The molecule has 0 aliphatic carbocycles. The normalized spacial score (nSPS) is 17.9. The Morgan fingerprint density at radius 1 is 1.13 bits per heavy atom. The molecule has 0 fully saturated rings. The van der Waals surface area contributed by atoms with Gasteiger partial charge in [0, 0.05) is 5.69 Å². The van der Waals surface area contributed by atoms with Gasteiger partial charge in [0.2, 0.25) is 0 Å². The van der Waals surface area contributed by atoms with Gasteiger partial charge in [-0.05, 0) is 24.6 Å². The van der Waals surface area contributed by atoms with Gasteiger partial charge < -0.3 is 15.0 Å². The highest BCUT2D eigenvalue weighted by Gasteiger charge is 2.38. The second-order valence-corrected chi connectivity index (χ2v) is 5.41. The van der Waals surface area contributed by atoms with E-state index in [1.54, 1.807) is 13.0 Å². The molecule has 2 aromatic rings. The summed E-state index contributed by atoms with van der Waals surface area (Å²) in [5.41, 5.74) is 2.22. The molecule has 1 amide bonds. The van der Waals surface area contributed by atoms with Gasteiger partial charge >= 0.3 is 5.97 Å². The number of nitrogens with zero attached hydrogens (tertiary/aromatic N) is 1. The highest BCUT2D eigenvalue weighted by atomic mass is 16.5. The number of anilines is 1. The monoisotopic (exact) mass is 310 g/mol. The number of fused-ring (bicyclic) bond motifs is 1. The van der Waals surface area contributed by atoms with Crippen molar-refractivity contribution in [1.82, 2.24) is 4.90 Å². The number of carbonyl (C=O) groups excluding carboxylic acids is 2. The molecular formula is C18H18N2O3. The number of rotatable bonds is 3. The predicted molar refractivity (Wildman–Crippen MR) is 86.9 cm³/mol. The van der Waals surface area contributed by atoms with Gasteiger partial charge in [0.25, 0.3) is 5.91 Å². The second kappa shape index (κ2) is 6.12. The third-order valence-electron chi connectivity index (χ3n) is 4.04. The Kier molecular flexibility index (Phi) is 4.02. The first-order valence-electron chi connectivity index (χ1n) is 7.44. The van der Waals surface area contributed by atoms with Gasteiger partial charge in [0.15, 0.2) is 0 Å². The lowest BCUT2D eigenvalue weighted by Crippen LogP contribution is -2.50. The van der Waals surface area contributed by atoms with Gasteiger partial charge in [-0.2, -0.15) is 0 Å². The number of hydrogen-bond donors (Lipinski definition) is 1. The van der Waals surface area contributed by atoms with Gasteiger partial charge in [-0.15, -0.1) is 0 Å².